The second-order valence-electron chi connectivity index (χ2n) is 5.50. The van der Waals surface area contributed by atoms with E-state index in [0.717, 1.165) is 36.6 Å². The third kappa shape index (κ3) is 8.71. The Bertz CT molecular complexity index is 569. The molecule has 140 valence electrons. The first-order valence-electron chi connectivity index (χ1n) is 7.89. The predicted molar refractivity (Wildman–Crippen MR) is 109 cm³/mol. The lowest BCUT2D eigenvalue weighted by Crippen LogP contribution is -2.51. The summed E-state index contributed by atoms with van der Waals surface area (Å²) in [5.41, 5.74) is 6.83. The van der Waals surface area contributed by atoms with Gasteiger partial charge in [0.25, 0.3) is 0 Å². The van der Waals surface area contributed by atoms with Crippen LogP contribution in [-0.4, -0.2) is 63.1 Å². The van der Waals surface area contributed by atoms with E-state index >= 15 is 0 Å². The molecule has 9 heteroatoms. The van der Waals surface area contributed by atoms with Crippen molar-refractivity contribution in [2.24, 2.45) is 0 Å². The fraction of sp³-hybridized carbons (Fsp3) is 0.500. The number of benzene rings is 1. The minimum Gasteiger partial charge on any atom is -0.493 e. The minimum atomic E-state index is 0.484. The summed E-state index contributed by atoms with van der Waals surface area (Å²) < 4.78 is 10.5. The van der Waals surface area contributed by atoms with Gasteiger partial charge in [-0.25, -0.2) is 0 Å². The topological polar surface area (TPSA) is 69.8 Å². The van der Waals surface area contributed by atoms with Crippen LogP contribution in [0.3, 0.4) is 0 Å². The molecule has 0 aliphatic carbocycles. The quantitative estimate of drug-likeness (QED) is 0.381. The molecule has 25 heavy (non-hydrogen) atoms. The van der Waals surface area contributed by atoms with Crippen LogP contribution in [0.1, 0.15) is 5.56 Å². The molecule has 0 fully saturated rings. The first-order chi connectivity index (χ1) is 12.0. The van der Waals surface area contributed by atoms with Crippen LogP contribution < -0.4 is 31.0 Å². The van der Waals surface area contributed by atoms with E-state index in [4.69, 9.17) is 33.9 Å². The zero-order chi connectivity index (χ0) is 18.7. The molecule has 0 unspecified atom stereocenters. The van der Waals surface area contributed by atoms with Gasteiger partial charge in [-0.1, -0.05) is 6.07 Å². The van der Waals surface area contributed by atoms with Crippen molar-refractivity contribution in [1.29, 1.82) is 0 Å². The van der Waals surface area contributed by atoms with Crippen LogP contribution in [0.15, 0.2) is 18.2 Å². The van der Waals surface area contributed by atoms with Crippen molar-refractivity contribution in [2.45, 2.75) is 6.42 Å². The summed E-state index contributed by atoms with van der Waals surface area (Å²) >= 11 is 10.4. The SMILES string of the molecule is COc1ccc(CCNC(=S)NNC(=S)NCCN(C)C)cc1OC. The summed E-state index contributed by atoms with van der Waals surface area (Å²) in [6.45, 7) is 2.35. The molecule has 1 rings (SSSR count). The molecule has 0 aromatic heterocycles. The van der Waals surface area contributed by atoms with E-state index in [2.05, 4.69) is 26.4 Å². The van der Waals surface area contributed by atoms with Crippen molar-refractivity contribution in [2.75, 3.05) is 47.9 Å². The zero-order valence-corrected chi connectivity index (χ0v) is 16.8. The Hall–Kier alpha value is -1.84. The highest BCUT2D eigenvalue weighted by molar-refractivity contribution is 7.80. The Morgan fingerprint density at radius 2 is 1.56 bits per heavy atom. The second kappa shape index (κ2) is 11.7. The van der Waals surface area contributed by atoms with Gasteiger partial charge in [0.05, 0.1) is 14.2 Å². The Balaban J connectivity index is 2.25. The van der Waals surface area contributed by atoms with Crippen LogP contribution >= 0.6 is 24.4 Å². The molecule has 4 N–H and O–H groups in total. The third-order valence-corrected chi connectivity index (χ3v) is 3.77. The average Bonchev–Trinajstić information content (AvgIpc) is 2.59. The van der Waals surface area contributed by atoms with Gasteiger partial charge in [0, 0.05) is 19.6 Å². The summed E-state index contributed by atoms with van der Waals surface area (Å²) in [6.07, 6.45) is 0.799. The van der Waals surface area contributed by atoms with Crippen LogP contribution in [0.5, 0.6) is 11.5 Å². The second-order valence-corrected chi connectivity index (χ2v) is 6.32. The van der Waals surface area contributed by atoms with Crippen molar-refractivity contribution in [3.8, 4) is 11.5 Å². The first-order valence-corrected chi connectivity index (χ1v) is 8.71. The van der Waals surface area contributed by atoms with E-state index in [-0.39, 0.29) is 0 Å². The number of likely N-dealkylation sites (N-methyl/N-ethyl adjacent to an activating group) is 1. The van der Waals surface area contributed by atoms with E-state index in [0.29, 0.717) is 16.8 Å². The highest BCUT2D eigenvalue weighted by Gasteiger charge is 2.04. The average molecular weight is 386 g/mol. The summed E-state index contributed by atoms with van der Waals surface area (Å²) in [5.74, 6) is 1.44. The molecule has 0 atom stereocenters. The van der Waals surface area contributed by atoms with E-state index in [1.165, 1.54) is 0 Å². The summed E-state index contributed by atoms with van der Waals surface area (Å²) in [5, 5.41) is 7.18. The smallest absolute Gasteiger partial charge is 0.185 e. The molecular formula is C16H27N5O2S2. The van der Waals surface area contributed by atoms with Gasteiger partial charge < -0.3 is 25.0 Å². The Morgan fingerprint density at radius 3 is 2.12 bits per heavy atom. The van der Waals surface area contributed by atoms with Crippen molar-refractivity contribution in [3.63, 3.8) is 0 Å². The number of rotatable bonds is 8. The number of ether oxygens (including phenoxy) is 2. The molecule has 0 heterocycles. The van der Waals surface area contributed by atoms with Crippen molar-refractivity contribution >= 4 is 34.7 Å². The lowest BCUT2D eigenvalue weighted by atomic mass is 10.1. The van der Waals surface area contributed by atoms with Crippen molar-refractivity contribution < 1.29 is 9.47 Å². The predicted octanol–water partition coefficient (Wildman–Crippen LogP) is 0.651. The molecule has 1 aromatic carbocycles. The van der Waals surface area contributed by atoms with E-state index in [1.807, 2.05) is 32.3 Å². The largest absolute Gasteiger partial charge is 0.493 e. The molecule has 1 aromatic rings. The molecule has 0 spiro atoms. The number of nitrogens with one attached hydrogen (secondary N) is 4. The number of methoxy groups -OCH3 is 2. The lowest BCUT2D eigenvalue weighted by molar-refractivity contribution is 0.354. The Morgan fingerprint density at radius 1 is 0.960 bits per heavy atom. The molecule has 0 aliphatic rings. The van der Waals surface area contributed by atoms with Crippen LogP contribution in [0.25, 0.3) is 0 Å². The molecule has 0 bridgehead atoms. The maximum absolute atomic E-state index is 5.30. The summed E-state index contributed by atoms with van der Waals surface area (Å²) in [6, 6.07) is 5.85. The van der Waals surface area contributed by atoms with E-state index < -0.39 is 0 Å². The Labute approximate surface area is 160 Å². The van der Waals surface area contributed by atoms with Gasteiger partial charge in [-0.15, -0.1) is 0 Å². The molecular weight excluding hydrogens is 358 g/mol. The first kappa shape index (κ1) is 21.2. The maximum Gasteiger partial charge on any atom is 0.185 e. The number of thiocarbonyl (C=S) groups is 2. The van der Waals surface area contributed by atoms with Crippen LogP contribution in [0, 0.1) is 0 Å². The van der Waals surface area contributed by atoms with Crippen LogP contribution in [0.2, 0.25) is 0 Å². The number of hydrogen-bond acceptors (Lipinski definition) is 5. The zero-order valence-electron chi connectivity index (χ0n) is 15.1. The van der Waals surface area contributed by atoms with Crippen molar-refractivity contribution in [3.05, 3.63) is 23.8 Å². The minimum absolute atomic E-state index is 0.484. The van der Waals surface area contributed by atoms with Crippen molar-refractivity contribution in [1.82, 2.24) is 26.4 Å². The summed E-state index contributed by atoms with van der Waals surface area (Å²) in [7, 11) is 7.26. The highest BCUT2D eigenvalue weighted by Crippen LogP contribution is 2.27. The van der Waals surface area contributed by atoms with Gasteiger partial charge in [-0.3, -0.25) is 10.9 Å². The normalized spacial score (nSPS) is 10.1. The Kier molecular flexibility index (Phi) is 9.90. The van der Waals surface area contributed by atoms with Crippen LogP contribution in [0.4, 0.5) is 0 Å². The van der Waals surface area contributed by atoms with Gasteiger partial charge in [0.1, 0.15) is 0 Å². The van der Waals surface area contributed by atoms with Gasteiger partial charge in [0.15, 0.2) is 21.7 Å². The monoisotopic (exact) mass is 385 g/mol. The lowest BCUT2D eigenvalue weighted by Gasteiger charge is -2.15. The van der Waals surface area contributed by atoms with Crippen LogP contribution in [-0.2, 0) is 6.42 Å². The molecule has 0 saturated heterocycles. The highest BCUT2D eigenvalue weighted by atomic mass is 32.1. The van der Waals surface area contributed by atoms with E-state index in [1.54, 1.807) is 14.2 Å². The molecule has 0 saturated carbocycles. The summed E-state index contributed by atoms with van der Waals surface area (Å²) in [4.78, 5) is 2.07. The van der Waals surface area contributed by atoms with Gasteiger partial charge in [-0.05, 0) is 62.6 Å². The molecule has 0 aliphatic heterocycles. The molecule has 7 nitrogen and oxygen atoms in total. The number of hydrogen-bond donors (Lipinski definition) is 4. The van der Waals surface area contributed by atoms with E-state index in [9.17, 15) is 0 Å². The standard InChI is InChI=1S/C16H27N5O2S2/c1-21(2)10-9-18-16(25)20-19-15(24)17-8-7-12-5-6-13(22-3)14(11-12)23-4/h5-6,11H,7-10H2,1-4H3,(H2,17,19,24)(H2,18,20,25). The third-order valence-electron chi connectivity index (χ3n) is 3.28. The number of hydrazine groups is 1. The maximum atomic E-state index is 5.30. The van der Waals surface area contributed by atoms with Gasteiger partial charge in [-0.2, -0.15) is 0 Å². The van der Waals surface area contributed by atoms with Gasteiger partial charge >= 0.3 is 0 Å². The fourth-order valence-electron chi connectivity index (χ4n) is 1.95. The number of nitrogens with zero attached hydrogens (tertiary/aromatic N) is 1. The van der Waals surface area contributed by atoms with Gasteiger partial charge in [0.2, 0.25) is 0 Å². The molecule has 0 amide bonds. The molecule has 0 radical (unpaired) electrons. The fourth-order valence-corrected chi connectivity index (χ4v) is 2.26.